The first-order valence-corrected chi connectivity index (χ1v) is 8.71. The molecule has 4 rings (SSSR count). The van der Waals surface area contributed by atoms with Crippen LogP contribution in [0.3, 0.4) is 0 Å². The number of carbonyl (C=O) groups excluding carboxylic acids is 1. The maximum Gasteiger partial charge on any atom is 0.220 e. The van der Waals surface area contributed by atoms with Crippen LogP contribution < -0.4 is 5.32 Å². The van der Waals surface area contributed by atoms with Crippen molar-refractivity contribution in [3.63, 3.8) is 0 Å². The predicted molar refractivity (Wildman–Crippen MR) is 97.0 cm³/mol. The fourth-order valence-corrected chi connectivity index (χ4v) is 3.71. The van der Waals surface area contributed by atoms with Crippen molar-refractivity contribution in [1.29, 1.82) is 0 Å². The first-order chi connectivity index (χ1) is 11.8. The van der Waals surface area contributed by atoms with Gasteiger partial charge in [0, 0.05) is 29.6 Å². The molecule has 3 heteroatoms. The Labute approximate surface area is 142 Å². The fraction of sp³-hybridized carbons (Fsp3) is 0.286. The molecule has 1 heterocycles. The summed E-state index contributed by atoms with van der Waals surface area (Å²) in [6, 6.07) is 17.1. The van der Waals surface area contributed by atoms with Crippen LogP contribution in [-0.2, 0) is 24.1 Å². The Balaban J connectivity index is 1.34. The molecule has 1 unspecified atom stereocenters. The van der Waals surface area contributed by atoms with Crippen molar-refractivity contribution < 1.29 is 4.79 Å². The molecule has 2 N–H and O–H groups in total. The number of rotatable bonds is 4. The third kappa shape index (κ3) is 3.07. The number of hydrogen-bond donors (Lipinski definition) is 2. The maximum atomic E-state index is 12.3. The summed E-state index contributed by atoms with van der Waals surface area (Å²) in [4.78, 5) is 15.6. The van der Waals surface area contributed by atoms with Crippen LogP contribution in [0, 0.1) is 0 Å². The Hall–Kier alpha value is -2.55. The number of aromatic nitrogens is 1. The molecule has 0 spiro atoms. The van der Waals surface area contributed by atoms with E-state index in [9.17, 15) is 4.79 Å². The Morgan fingerprint density at radius 2 is 1.88 bits per heavy atom. The number of aryl methyl sites for hydroxylation is 2. The second-order valence-corrected chi connectivity index (χ2v) is 6.64. The topological polar surface area (TPSA) is 44.9 Å². The minimum Gasteiger partial charge on any atom is -0.361 e. The van der Waals surface area contributed by atoms with Gasteiger partial charge in [0.2, 0.25) is 5.91 Å². The van der Waals surface area contributed by atoms with Crippen molar-refractivity contribution in [3.05, 3.63) is 71.4 Å². The summed E-state index contributed by atoms with van der Waals surface area (Å²) >= 11 is 0. The van der Waals surface area contributed by atoms with Crippen LogP contribution in [0.1, 0.15) is 29.5 Å². The van der Waals surface area contributed by atoms with Crippen LogP contribution in [0.25, 0.3) is 10.9 Å². The molecule has 0 saturated heterocycles. The molecule has 0 radical (unpaired) electrons. The summed E-state index contributed by atoms with van der Waals surface area (Å²) in [6.45, 7) is 0. The minimum atomic E-state index is 0.157. The van der Waals surface area contributed by atoms with Gasteiger partial charge in [-0.3, -0.25) is 4.79 Å². The smallest absolute Gasteiger partial charge is 0.220 e. The third-order valence-electron chi connectivity index (χ3n) is 5.01. The molecule has 0 bridgehead atoms. The lowest BCUT2D eigenvalue weighted by atomic mass is 9.88. The lowest BCUT2D eigenvalue weighted by molar-refractivity contribution is -0.121. The van der Waals surface area contributed by atoms with Crippen LogP contribution >= 0.6 is 0 Å². The van der Waals surface area contributed by atoms with Crippen LogP contribution in [0.15, 0.2) is 54.7 Å². The summed E-state index contributed by atoms with van der Waals surface area (Å²) in [5.41, 5.74) is 5.17. The van der Waals surface area contributed by atoms with E-state index in [0.29, 0.717) is 6.42 Å². The van der Waals surface area contributed by atoms with E-state index < -0.39 is 0 Å². The number of benzene rings is 2. The average molecular weight is 318 g/mol. The van der Waals surface area contributed by atoms with Crippen LogP contribution in [0.5, 0.6) is 0 Å². The fourth-order valence-electron chi connectivity index (χ4n) is 3.71. The molecule has 1 amide bonds. The van der Waals surface area contributed by atoms with E-state index in [0.717, 1.165) is 31.2 Å². The van der Waals surface area contributed by atoms with Crippen LogP contribution in [-0.4, -0.2) is 16.9 Å². The molecule has 1 aliphatic rings. The normalized spacial score (nSPS) is 16.8. The van der Waals surface area contributed by atoms with Crippen molar-refractivity contribution in [2.75, 3.05) is 0 Å². The molecule has 3 aromatic rings. The van der Waals surface area contributed by atoms with E-state index in [1.165, 1.54) is 22.1 Å². The quantitative estimate of drug-likeness (QED) is 0.755. The van der Waals surface area contributed by atoms with E-state index in [1.807, 2.05) is 18.3 Å². The molecule has 1 aliphatic carbocycles. The minimum absolute atomic E-state index is 0.157. The highest BCUT2D eigenvalue weighted by Gasteiger charge is 2.19. The molecular weight excluding hydrogens is 296 g/mol. The summed E-state index contributed by atoms with van der Waals surface area (Å²) in [6.07, 6.45) is 6.39. The highest BCUT2D eigenvalue weighted by atomic mass is 16.1. The van der Waals surface area contributed by atoms with E-state index in [1.54, 1.807) is 0 Å². The molecular formula is C21H22N2O. The lowest BCUT2D eigenvalue weighted by Gasteiger charge is -2.25. The first kappa shape index (κ1) is 15.0. The Bertz CT molecular complexity index is 865. The first-order valence-electron chi connectivity index (χ1n) is 8.71. The van der Waals surface area contributed by atoms with Crippen molar-refractivity contribution in [2.24, 2.45) is 0 Å². The van der Waals surface area contributed by atoms with E-state index in [4.69, 9.17) is 0 Å². The van der Waals surface area contributed by atoms with Crippen LogP contribution in [0.2, 0.25) is 0 Å². The standard InChI is InChI=1S/C21H22N2O/c24-21(12-10-17-14-22-20-8-4-3-7-19(17)20)23-18-11-9-15-5-1-2-6-16(15)13-18/h1-8,14,18,22H,9-13H2,(H,23,24). The Morgan fingerprint density at radius 1 is 1.08 bits per heavy atom. The maximum absolute atomic E-state index is 12.3. The number of nitrogens with one attached hydrogen (secondary N) is 2. The Kier molecular flexibility index (Phi) is 4.08. The van der Waals surface area contributed by atoms with Crippen molar-refractivity contribution in [2.45, 2.75) is 38.1 Å². The Morgan fingerprint density at radius 3 is 2.79 bits per heavy atom. The summed E-state index contributed by atoms with van der Waals surface area (Å²) < 4.78 is 0. The lowest BCUT2D eigenvalue weighted by Crippen LogP contribution is -2.38. The zero-order valence-corrected chi connectivity index (χ0v) is 13.7. The van der Waals surface area contributed by atoms with E-state index in [2.05, 4.69) is 46.7 Å². The van der Waals surface area contributed by atoms with Crippen LogP contribution in [0.4, 0.5) is 0 Å². The van der Waals surface area contributed by atoms with Crippen molar-refractivity contribution in [1.82, 2.24) is 10.3 Å². The zero-order valence-electron chi connectivity index (χ0n) is 13.7. The number of hydrogen-bond acceptors (Lipinski definition) is 1. The molecule has 0 saturated carbocycles. The molecule has 122 valence electrons. The van der Waals surface area contributed by atoms with Gasteiger partial charge in [-0.1, -0.05) is 42.5 Å². The molecule has 2 aromatic carbocycles. The molecule has 3 nitrogen and oxygen atoms in total. The molecule has 0 aliphatic heterocycles. The van der Waals surface area contributed by atoms with Gasteiger partial charge >= 0.3 is 0 Å². The van der Waals surface area contributed by atoms with Crippen molar-refractivity contribution in [3.8, 4) is 0 Å². The van der Waals surface area contributed by atoms with Crippen molar-refractivity contribution >= 4 is 16.8 Å². The number of carbonyl (C=O) groups is 1. The molecule has 24 heavy (non-hydrogen) atoms. The second kappa shape index (κ2) is 6.52. The summed E-state index contributed by atoms with van der Waals surface area (Å²) in [7, 11) is 0. The summed E-state index contributed by atoms with van der Waals surface area (Å²) in [5, 5.41) is 4.44. The largest absolute Gasteiger partial charge is 0.361 e. The SMILES string of the molecule is O=C(CCc1c[nH]c2ccccc12)NC1CCc2ccccc2C1. The number of fused-ring (bicyclic) bond motifs is 2. The molecule has 1 atom stereocenters. The number of para-hydroxylation sites is 1. The number of H-pyrrole nitrogens is 1. The van der Waals surface area contributed by atoms with Gasteiger partial charge in [-0.2, -0.15) is 0 Å². The van der Waals surface area contributed by atoms with E-state index in [-0.39, 0.29) is 11.9 Å². The van der Waals surface area contributed by atoms with Gasteiger partial charge in [0.05, 0.1) is 0 Å². The number of aromatic amines is 1. The second-order valence-electron chi connectivity index (χ2n) is 6.64. The highest BCUT2D eigenvalue weighted by Crippen LogP contribution is 2.22. The predicted octanol–water partition coefficient (Wildman–Crippen LogP) is 3.77. The molecule has 1 aromatic heterocycles. The highest BCUT2D eigenvalue weighted by molar-refractivity contribution is 5.84. The van der Waals surface area contributed by atoms with Gasteiger partial charge < -0.3 is 10.3 Å². The van der Waals surface area contributed by atoms with Gasteiger partial charge in [0.25, 0.3) is 0 Å². The monoisotopic (exact) mass is 318 g/mol. The van der Waals surface area contributed by atoms with Gasteiger partial charge in [0.15, 0.2) is 0 Å². The van der Waals surface area contributed by atoms with E-state index >= 15 is 0 Å². The van der Waals surface area contributed by atoms with Gasteiger partial charge in [0.1, 0.15) is 0 Å². The third-order valence-corrected chi connectivity index (χ3v) is 5.01. The average Bonchev–Trinajstić information content (AvgIpc) is 3.03. The molecule has 0 fully saturated rings. The van der Waals surface area contributed by atoms with Gasteiger partial charge in [-0.25, -0.2) is 0 Å². The number of amides is 1. The van der Waals surface area contributed by atoms with Gasteiger partial charge in [-0.05, 0) is 48.4 Å². The summed E-state index contributed by atoms with van der Waals surface area (Å²) in [5.74, 6) is 0.157. The van der Waals surface area contributed by atoms with Gasteiger partial charge in [-0.15, -0.1) is 0 Å². The zero-order chi connectivity index (χ0) is 16.4.